The summed E-state index contributed by atoms with van der Waals surface area (Å²) in [5.41, 5.74) is 0. The third-order valence-corrected chi connectivity index (χ3v) is 0.898. The van der Waals surface area contributed by atoms with Crippen molar-refractivity contribution in [2.75, 3.05) is 6.61 Å². The second kappa shape index (κ2) is 11.0. The van der Waals surface area contributed by atoms with Gasteiger partial charge in [-0.15, -0.1) is 0 Å². The Balaban J connectivity index is 0. The highest BCUT2D eigenvalue weighted by Crippen LogP contribution is 1.80. The molecule has 0 aliphatic carbocycles. The summed E-state index contributed by atoms with van der Waals surface area (Å²) in [6.45, 7) is 6.38. The molecule has 0 unspecified atom stereocenters. The molecule has 0 fully saturated rings. The third kappa shape index (κ3) is 17.8. The van der Waals surface area contributed by atoms with Crippen LogP contribution in [0.25, 0.3) is 0 Å². The molecule has 6 nitrogen and oxygen atoms in total. The molecule has 16 heavy (non-hydrogen) atoms. The fourth-order valence-electron chi connectivity index (χ4n) is 0.447. The quantitative estimate of drug-likeness (QED) is 0.438. The number of esters is 2. The Kier molecular flexibility index (Phi) is 11.2. The molecule has 0 aliphatic rings. The van der Waals surface area contributed by atoms with Crippen molar-refractivity contribution < 1.29 is 29.0 Å². The van der Waals surface area contributed by atoms with Crippen LogP contribution < -0.4 is 0 Å². The van der Waals surface area contributed by atoms with Crippen molar-refractivity contribution >= 4 is 17.9 Å². The van der Waals surface area contributed by atoms with E-state index in [1.165, 1.54) is 6.92 Å². The predicted molar refractivity (Wildman–Crippen MR) is 55.4 cm³/mol. The fraction of sp³-hybridized carbons (Fsp3) is 0.300. The zero-order valence-corrected chi connectivity index (χ0v) is 9.13. The number of carbonyl (C=O) groups is 3. The van der Waals surface area contributed by atoms with Crippen molar-refractivity contribution in [3.8, 4) is 0 Å². The monoisotopic (exact) mass is 230 g/mol. The second-order valence-electron chi connectivity index (χ2n) is 2.20. The lowest BCUT2D eigenvalue weighted by atomic mass is 10.5. The van der Waals surface area contributed by atoms with E-state index >= 15 is 0 Å². The van der Waals surface area contributed by atoms with Crippen molar-refractivity contribution in [2.24, 2.45) is 0 Å². The molecule has 0 aliphatic heterocycles. The molecular formula is C10H14O6. The standard InChI is InChI=1S/C6H8O4.C4H6O2/c1-2-10-6(9)4-3-5(7)8;1-3-6-4(2)5/h3-4H,2H2,1H3,(H,7,8);3H,1H2,2H3/b4-3-;. The number of aliphatic carboxylic acids is 1. The maximum Gasteiger partial charge on any atom is 0.330 e. The number of carbonyl (C=O) groups excluding carboxylic acids is 2. The van der Waals surface area contributed by atoms with Crippen molar-refractivity contribution in [2.45, 2.75) is 13.8 Å². The first kappa shape index (κ1) is 16.3. The topological polar surface area (TPSA) is 89.9 Å². The predicted octanol–water partition coefficient (Wildman–Crippen LogP) is 0.883. The molecule has 0 aromatic carbocycles. The summed E-state index contributed by atoms with van der Waals surface area (Å²) >= 11 is 0. The van der Waals surface area contributed by atoms with Gasteiger partial charge in [0.2, 0.25) is 0 Å². The molecule has 1 N–H and O–H groups in total. The maximum absolute atomic E-state index is 10.4. The van der Waals surface area contributed by atoms with E-state index in [4.69, 9.17) is 5.11 Å². The molecule has 0 rings (SSSR count). The first-order chi connectivity index (χ1) is 7.43. The van der Waals surface area contributed by atoms with Crippen molar-refractivity contribution in [1.82, 2.24) is 0 Å². The van der Waals surface area contributed by atoms with Gasteiger partial charge in [-0.3, -0.25) is 4.79 Å². The van der Waals surface area contributed by atoms with Gasteiger partial charge in [-0.2, -0.15) is 0 Å². The van der Waals surface area contributed by atoms with Gasteiger partial charge in [0.25, 0.3) is 0 Å². The van der Waals surface area contributed by atoms with E-state index in [1.54, 1.807) is 6.92 Å². The molecular weight excluding hydrogens is 216 g/mol. The highest BCUT2D eigenvalue weighted by Gasteiger charge is 1.94. The molecule has 0 amide bonds. The van der Waals surface area contributed by atoms with Crippen LogP contribution in [0.2, 0.25) is 0 Å². The number of hydrogen-bond donors (Lipinski definition) is 1. The average molecular weight is 230 g/mol. The summed E-state index contributed by atoms with van der Waals surface area (Å²) in [7, 11) is 0. The van der Waals surface area contributed by atoms with E-state index in [0.29, 0.717) is 0 Å². The smallest absolute Gasteiger partial charge is 0.330 e. The number of carboxylic acids is 1. The lowest BCUT2D eigenvalue weighted by molar-refractivity contribution is -0.138. The van der Waals surface area contributed by atoms with Gasteiger partial charge in [0.05, 0.1) is 12.9 Å². The van der Waals surface area contributed by atoms with Gasteiger partial charge in [0.1, 0.15) is 0 Å². The molecule has 0 bridgehead atoms. The largest absolute Gasteiger partial charge is 0.478 e. The Morgan fingerprint density at radius 1 is 1.31 bits per heavy atom. The van der Waals surface area contributed by atoms with Crippen LogP contribution in [-0.4, -0.2) is 29.6 Å². The Hall–Kier alpha value is -2.11. The summed E-state index contributed by atoms with van der Waals surface area (Å²) in [4.78, 5) is 29.9. The Labute approximate surface area is 93.2 Å². The molecule has 0 heterocycles. The van der Waals surface area contributed by atoms with Crippen molar-refractivity contribution in [3.63, 3.8) is 0 Å². The van der Waals surface area contributed by atoms with Gasteiger partial charge in [-0.05, 0) is 6.92 Å². The molecule has 0 saturated heterocycles. The van der Waals surface area contributed by atoms with Crippen LogP contribution in [0, 0.1) is 0 Å². The van der Waals surface area contributed by atoms with Crippen LogP contribution in [0.1, 0.15) is 13.8 Å². The SMILES string of the molecule is C=COC(C)=O.CCOC(=O)/C=C\C(=O)O. The maximum atomic E-state index is 10.4. The third-order valence-electron chi connectivity index (χ3n) is 0.898. The van der Waals surface area contributed by atoms with E-state index in [2.05, 4.69) is 16.1 Å². The molecule has 0 aromatic heterocycles. The van der Waals surface area contributed by atoms with Crippen LogP contribution in [-0.2, 0) is 23.9 Å². The van der Waals surface area contributed by atoms with E-state index in [1.807, 2.05) is 0 Å². The van der Waals surface area contributed by atoms with Gasteiger partial charge >= 0.3 is 17.9 Å². The number of ether oxygens (including phenoxy) is 2. The van der Waals surface area contributed by atoms with E-state index in [9.17, 15) is 14.4 Å². The fourth-order valence-corrected chi connectivity index (χ4v) is 0.447. The zero-order chi connectivity index (χ0) is 13.0. The summed E-state index contributed by atoms with van der Waals surface area (Å²) in [6, 6.07) is 0. The van der Waals surface area contributed by atoms with Gasteiger partial charge in [0.15, 0.2) is 0 Å². The molecule has 0 radical (unpaired) electrons. The van der Waals surface area contributed by atoms with Crippen molar-refractivity contribution in [3.05, 3.63) is 25.0 Å². The Morgan fingerprint density at radius 3 is 2.12 bits per heavy atom. The first-order valence-electron chi connectivity index (χ1n) is 4.29. The average Bonchev–Trinajstić information content (AvgIpc) is 2.16. The normalized spacial score (nSPS) is 8.62. The molecule has 0 aromatic rings. The first-order valence-corrected chi connectivity index (χ1v) is 4.29. The summed E-state index contributed by atoms with van der Waals surface area (Å²) in [6.07, 6.45) is 2.70. The van der Waals surface area contributed by atoms with Crippen LogP contribution in [0.4, 0.5) is 0 Å². The lowest BCUT2D eigenvalue weighted by Crippen LogP contribution is -2.00. The van der Waals surface area contributed by atoms with E-state index in [-0.39, 0.29) is 12.6 Å². The number of rotatable bonds is 4. The molecule has 90 valence electrons. The van der Waals surface area contributed by atoms with E-state index in [0.717, 1.165) is 18.4 Å². The van der Waals surface area contributed by atoms with Crippen molar-refractivity contribution in [1.29, 1.82) is 0 Å². The number of carboxylic acid groups (broad SMARTS) is 1. The minimum Gasteiger partial charge on any atom is -0.478 e. The van der Waals surface area contributed by atoms with Crippen LogP contribution in [0.15, 0.2) is 25.0 Å². The Bertz CT molecular complexity index is 279. The van der Waals surface area contributed by atoms with E-state index < -0.39 is 11.9 Å². The zero-order valence-electron chi connectivity index (χ0n) is 9.13. The molecule has 0 saturated carbocycles. The van der Waals surface area contributed by atoms with Gasteiger partial charge in [0, 0.05) is 19.1 Å². The molecule has 6 heteroatoms. The summed E-state index contributed by atoms with van der Waals surface area (Å²) < 4.78 is 8.57. The minimum absolute atomic E-state index is 0.253. The summed E-state index contributed by atoms with van der Waals surface area (Å²) in [5.74, 6) is -2.12. The minimum atomic E-state index is -1.16. The highest BCUT2D eigenvalue weighted by molar-refractivity contribution is 5.90. The van der Waals surface area contributed by atoms with Gasteiger partial charge < -0.3 is 14.6 Å². The summed E-state index contributed by atoms with van der Waals surface area (Å²) in [5, 5.41) is 8.04. The van der Waals surface area contributed by atoms with Crippen LogP contribution in [0.3, 0.4) is 0 Å². The second-order valence-corrected chi connectivity index (χ2v) is 2.20. The van der Waals surface area contributed by atoms with Crippen LogP contribution >= 0.6 is 0 Å². The van der Waals surface area contributed by atoms with Gasteiger partial charge in [-0.25, -0.2) is 9.59 Å². The molecule has 0 atom stereocenters. The lowest BCUT2D eigenvalue weighted by Gasteiger charge is -1.92. The van der Waals surface area contributed by atoms with Gasteiger partial charge in [-0.1, -0.05) is 6.58 Å². The number of hydrogen-bond acceptors (Lipinski definition) is 5. The Morgan fingerprint density at radius 2 is 1.88 bits per heavy atom. The highest BCUT2D eigenvalue weighted by atomic mass is 16.5. The van der Waals surface area contributed by atoms with Crippen LogP contribution in [0.5, 0.6) is 0 Å². The molecule has 0 spiro atoms.